The smallest absolute Gasteiger partial charge is 0.426 e. The Bertz CT molecular complexity index is 5550. The van der Waals surface area contributed by atoms with Gasteiger partial charge in [-0.25, -0.2) is 49.2 Å². The Morgan fingerprint density at radius 1 is 0.336 bits per heavy atom. The van der Waals surface area contributed by atoms with Gasteiger partial charge in [-0.15, -0.1) is 0 Å². The third kappa shape index (κ3) is 29.3. The largest absolute Gasteiger partial charge is 0.748 e. The minimum atomic E-state index is -6.24. The van der Waals surface area contributed by atoms with Gasteiger partial charge in [-0.2, -0.15) is 30.7 Å². The van der Waals surface area contributed by atoms with E-state index < -0.39 is 170 Å². The molecule has 676 valence electrons. The second-order valence-corrected chi connectivity index (χ2v) is 35.6. The predicted molar refractivity (Wildman–Crippen MR) is 486 cm³/mol. The second-order valence-electron chi connectivity index (χ2n) is 31.2. The summed E-state index contributed by atoms with van der Waals surface area (Å²) in [5.41, 5.74) is 4.19. The van der Waals surface area contributed by atoms with Gasteiger partial charge in [-0.1, -0.05) is 210 Å². The van der Waals surface area contributed by atoms with E-state index in [0.29, 0.717) is 103 Å². The number of hydrogen-bond acceptors (Lipinski definition) is 25. The molecule has 0 saturated heterocycles. The van der Waals surface area contributed by atoms with Crippen molar-refractivity contribution in [3.05, 3.63) is 214 Å². The van der Waals surface area contributed by atoms with Crippen molar-refractivity contribution in [2.45, 2.75) is 189 Å². The number of alkyl halides is 7. The van der Waals surface area contributed by atoms with E-state index in [2.05, 4.69) is 9.47 Å². The van der Waals surface area contributed by atoms with Crippen molar-refractivity contribution in [3.8, 4) is 28.7 Å². The molecule has 134 heavy (non-hydrogen) atoms. The molecule has 50 heteroatoms. The Kier molecular flexibility index (Phi) is 41.0. The number of benzene rings is 7. The highest BCUT2D eigenvalue weighted by atomic mass is 32.2. The Hall–Kier alpha value is -9.49. The van der Waals surface area contributed by atoms with Gasteiger partial charge in [0.25, 0.3) is 0 Å². The quantitative estimate of drug-likeness (QED) is 0.0108. The average Bonchev–Trinajstić information content (AvgIpc) is 0.850. The first-order valence-electron chi connectivity index (χ1n) is 40.4. The van der Waals surface area contributed by atoms with Crippen LogP contribution in [0, 0.1) is 17.8 Å². The molecule has 1 saturated carbocycles. The summed E-state index contributed by atoms with van der Waals surface area (Å²) < 4.78 is 238. The fourth-order valence-electron chi connectivity index (χ4n) is 13.6. The number of carbonyl (C=O) groups is 8. The van der Waals surface area contributed by atoms with E-state index >= 15 is 0 Å². The van der Waals surface area contributed by atoms with Crippen molar-refractivity contribution < 1.29 is 146 Å². The fourth-order valence-corrected chi connectivity index (χ4v) is 15.1. The Morgan fingerprint density at radius 2 is 0.597 bits per heavy atom. The van der Waals surface area contributed by atoms with Gasteiger partial charge in [0.15, 0.2) is 32.4 Å². The van der Waals surface area contributed by atoms with Crippen LogP contribution >= 0.6 is 0 Å². The third-order valence-electron chi connectivity index (χ3n) is 20.7. The number of halogens is 7. The minimum absolute atomic E-state index is 0.00188. The summed E-state index contributed by atoms with van der Waals surface area (Å²) in [7, 11) is 69.2. The monoisotopic (exact) mass is 1880 g/mol. The van der Waals surface area contributed by atoms with Gasteiger partial charge >= 0.3 is 64.4 Å². The molecule has 0 bridgehead atoms. The first kappa shape index (κ1) is 113. The minimum Gasteiger partial charge on any atom is -0.748 e. The van der Waals surface area contributed by atoms with Crippen molar-refractivity contribution >= 4 is 196 Å². The second kappa shape index (κ2) is 48.5. The molecular formula is C84H75B15F7O25S3-3. The van der Waals surface area contributed by atoms with Crippen LogP contribution in [-0.4, -0.2) is 245 Å². The highest BCUT2D eigenvalue weighted by molar-refractivity contribution is 7.87. The van der Waals surface area contributed by atoms with Crippen LogP contribution < -0.4 is 23.7 Å². The Morgan fingerprint density at radius 3 is 0.851 bits per heavy atom. The van der Waals surface area contributed by atoms with E-state index in [1.807, 2.05) is 0 Å². The maximum Gasteiger partial charge on any atom is 0.426 e. The predicted octanol–water partition coefficient (Wildman–Crippen LogP) is 5.97. The third-order valence-corrected chi connectivity index (χ3v) is 23.4. The number of rotatable bonds is 37. The van der Waals surface area contributed by atoms with Crippen LogP contribution in [0.5, 0.6) is 28.7 Å². The number of esters is 8. The van der Waals surface area contributed by atoms with Gasteiger partial charge in [0.05, 0.1) is 179 Å². The number of carbonyl (C=O) groups excluding carboxylic acids is 8. The van der Waals surface area contributed by atoms with Crippen molar-refractivity contribution in [1.82, 2.24) is 0 Å². The molecule has 8 rings (SSSR count). The number of ether oxygens (including phenoxy) is 8. The van der Waals surface area contributed by atoms with E-state index in [9.17, 15) is 108 Å². The molecular weight excluding hydrogens is 1800 g/mol. The topological polar surface area (TPSA) is 382 Å². The molecule has 5 atom stereocenters. The molecule has 0 aromatic heterocycles. The highest BCUT2D eigenvalue weighted by Gasteiger charge is 2.51. The zero-order chi connectivity index (χ0) is 101. The van der Waals surface area contributed by atoms with Crippen molar-refractivity contribution in [2.24, 2.45) is 17.8 Å². The molecule has 25 nitrogen and oxygen atoms in total. The van der Waals surface area contributed by atoms with Gasteiger partial charge in [-0.05, 0) is 130 Å². The SMILES string of the molecule is [B]Cc1cc(C[B])c(OC(=O)C2CC(C(=O)Oc3c(C[B])cc(C[B])cc3C[B])CC(C(=O)OC(C)C(F)(F)S(=O)(=O)[O-])C2)c(C[B])c1.[B]Cc1cc(C[B])c(OC(=O)c2cc(C(=O)Oc3c(C[B])cc(C[B])cc3C[B])cc(C(=O)OC(C)C(F)(F)S(=O)(=O)[O-])c2)c(C[B])c1.[B]Cc1cc(C[B])c(OC(=O)c2ccc(C(C)(C)C)cc2C(=O)OC(CS(=O)(=O)[O-])C(F)(F)F)c(C[B])c1. The van der Waals surface area contributed by atoms with Crippen molar-refractivity contribution in [1.29, 1.82) is 0 Å². The maximum atomic E-state index is 14.2. The molecule has 5 unspecified atom stereocenters. The van der Waals surface area contributed by atoms with Crippen LogP contribution in [-0.2, 0) is 159 Å². The zero-order valence-electron chi connectivity index (χ0n) is 72.9. The van der Waals surface area contributed by atoms with E-state index in [4.69, 9.17) is 146 Å². The molecule has 0 N–H and O–H groups in total. The standard InChI is InChI=1S/C30H30B6F2O9S.C30H24B6F2O9S.C24H24B3F3O7S/c2*1-15(30(37,38)48(42,43)44)45-27(39)18-6-19(28(40)46-25-21(11-33)2-16(9-31)3-22(25)12-34)8-20(7-18)29(41)47-26-23(13-35)4-17(10-32)5-24(26)14-36;1-23(2,3)16-4-5-17(18(8-16)22(32)36-19(24(28,29)30)12-38(33,34)35)21(31)37-20-14(10-26)6-13(9-25)7-15(20)11-27/h2-5,15,18-20H,6-14H2,1H3,(H,42,43,44);2-8,15H,9-14H2,1H3,(H,42,43,44);4-8,19H,9-12H2,1-3H3,(H,33,34,35)/p-3. The lowest BCUT2D eigenvalue weighted by atomic mass is 9.75. The summed E-state index contributed by atoms with van der Waals surface area (Å²) in [4.78, 5) is 106. The molecule has 7 aromatic carbocycles. The summed E-state index contributed by atoms with van der Waals surface area (Å²) in [5.74, 6) is -15.6. The first-order chi connectivity index (χ1) is 62.5. The van der Waals surface area contributed by atoms with Crippen LogP contribution in [0.25, 0.3) is 0 Å². The lowest BCUT2D eigenvalue weighted by Gasteiger charge is -2.33. The summed E-state index contributed by atoms with van der Waals surface area (Å²) in [5, 5.41) is -9.96. The molecule has 7 aromatic rings. The van der Waals surface area contributed by atoms with Gasteiger partial charge in [0.1, 0.15) is 28.7 Å². The molecule has 0 aliphatic heterocycles. The van der Waals surface area contributed by atoms with E-state index in [-0.39, 0.29) is 143 Å². The maximum absolute atomic E-state index is 14.2. The Balaban J connectivity index is 0.000000312. The van der Waals surface area contributed by atoms with Crippen molar-refractivity contribution in [3.63, 3.8) is 0 Å². The van der Waals surface area contributed by atoms with E-state index in [1.165, 1.54) is 12.1 Å². The molecule has 30 radical (unpaired) electrons. The molecule has 1 fully saturated rings. The Labute approximate surface area is 792 Å². The number of hydrogen-bond donors (Lipinski definition) is 0. The van der Waals surface area contributed by atoms with Crippen LogP contribution in [0.2, 0.25) is 0 Å². The molecule has 0 amide bonds. The van der Waals surface area contributed by atoms with Crippen LogP contribution in [0.15, 0.2) is 97.1 Å². The first-order valence-corrected chi connectivity index (χ1v) is 44.8. The van der Waals surface area contributed by atoms with Gasteiger partial charge in [0, 0.05) is 0 Å². The van der Waals surface area contributed by atoms with Crippen LogP contribution in [0.4, 0.5) is 30.7 Å². The van der Waals surface area contributed by atoms with Gasteiger partial charge in [-0.3, -0.25) is 14.4 Å². The lowest BCUT2D eigenvalue weighted by Crippen LogP contribution is -2.44. The normalized spacial score (nSPS) is 14.9. The fraction of sp³-hybridized carbons (Fsp3) is 0.405. The molecule has 0 heterocycles. The van der Waals surface area contributed by atoms with E-state index in [1.54, 1.807) is 81.4 Å². The summed E-state index contributed by atoms with van der Waals surface area (Å²) in [6.07, 6.45) is -15.0. The lowest BCUT2D eigenvalue weighted by molar-refractivity contribution is -0.197. The zero-order valence-corrected chi connectivity index (χ0v) is 75.3. The summed E-state index contributed by atoms with van der Waals surface area (Å²) in [6, 6.07) is 22.5. The highest BCUT2D eigenvalue weighted by Crippen LogP contribution is 2.42. The van der Waals surface area contributed by atoms with Crippen LogP contribution in [0.3, 0.4) is 0 Å². The molecule has 1 aliphatic carbocycles. The molecule has 1 aliphatic rings. The summed E-state index contributed by atoms with van der Waals surface area (Å²) >= 11 is 0. The van der Waals surface area contributed by atoms with Gasteiger partial charge in [0.2, 0.25) is 6.10 Å². The molecule has 0 spiro atoms. The van der Waals surface area contributed by atoms with E-state index in [0.717, 1.165) is 24.3 Å². The van der Waals surface area contributed by atoms with Crippen molar-refractivity contribution in [2.75, 3.05) is 5.75 Å². The van der Waals surface area contributed by atoms with Crippen LogP contribution in [0.1, 0.15) is 195 Å². The average molecular weight is 1880 g/mol. The summed E-state index contributed by atoms with van der Waals surface area (Å²) in [6.45, 7) is 6.26. The van der Waals surface area contributed by atoms with Gasteiger partial charge < -0.3 is 51.6 Å².